The Balaban J connectivity index is 1.57. The molecule has 0 fully saturated rings. The summed E-state index contributed by atoms with van der Waals surface area (Å²) in [5, 5.41) is 9.43. The highest BCUT2D eigenvalue weighted by atomic mass is 35.5. The van der Waals surface area contributed by atoms with Crippen LogP contribution in [0.2, 0.25) is 5.02 Å². The largest absolute Gasteiger partial charge is 0.493 e. The van der Waals surface area contributed by atoms with E-state index in [1.165, 1.54) is 42.3 Å². The molecule has 0 aliphatic carbocycles. The summed E-state index contributed by atoms with van der Waals surface area (Å²) in [6, 6.07) is 13.7. The standard InChI is InChI=1S/C28H26ClF2NO5/c1-28(14-18-6-7-22(29)23(31)11-18)15-20-12-19(13-24(36-2)26(20)37-28)27(35)32(16-25(33)34)9-8-17-4-3-5-21(30)10-17/h3-7,10-13H,8-9,14-16H2,1-2H3,(H,33,34). The van der Waals surface area contributed by atoms with Crippen molar-refractivity contribution in [3.8, 4) is 11.5 Å². The molecule has 0 saturated heterocycles. The molecular formula is C28H26ClF2NO5. The number of carboxylic acids is 1. The normalized spacial score (nSPS) is 16.1. The molecule has 4 rings (SSSR count). The van der Waals surface area contributed by atoms with E-state index >= 15 is 0 Å². The van der Waals surface area contributed by atoms with E-state index in [0.717, 1.165) is 5.56 Å². The van der Waals surface area contributed by atoms with Crippen LogP contribution in [0.5, 0.6) is 11.5 Å². The summed E-state index contributed by atoms with van der Waals surface area (Å²) in [5.74, 6) is -1.74. The third-order valence-corrected chi connectivity index (χ3v) is 6.55. The zero-order valence-electron chi connectivity index (χ0n) is 20.4. The molecule has 0 saturated carbocycles. The van der Waals surface area contributed by atoms with Crippen LogP contribution in [0.3, 0.4) is 0 Å². The van der Waals surface area contributed by atoms with Gasteiger partial charge >= 0.3 is 5.97 Å². The van der Waals surface area contributed by atoms with E-state index in [-0.39, 0.29) is 23.6 Å². The first kappa shape index (κ1) is 26.4. The molecule has 194 valence electrons. The van der Waals surface area contributed by atoms with Gasteiger partial charge in [0.25, 0.3) is 5.91 Å². The Morgan fingerprint density at radius 2 is 1.92 bits per heavy atom. The Morgan fingerprint density at radius 3 is 2.59 bits per heavy atom. The van der Waals surface area contributed by atoms with Crippen molar-refractivity contribution in [3.63, 3.8) is 0 Å². The molecular weight excluding hydrogens is 504 g/mol. The van der Waals surface area contributed by atoms with Gasteiger partial charge in [-0.3, -0.25) is 9.59 Å². The lowest BCUT2D eigenvalue weighted by Crippen LogP contribution is -2.37. The van der Waals surface area contributed by atoms with Gasteiger partial charge in [0.2, 0.25) is 0 Å². The fourth-order valence-electron chi connectivity index (χ4n) is 4.60. The van der Waals surface area contributed by atoms with Gasteiger partial charge in [-0.05, 0) is 60.9 Å². The number of methoxy groups -OCH3 is 1. The Morgan fingerprint density at radius 1 is 1.14 bits per heavy atom. The molecule has 3 aromatic rings. The summed E-state index contributed by atoms with van der Waals surface area (Å²) in [6.45, 7) is 1.46. The molecule has 0 radical (unpaired) electrons. The van der Waals surface area contributed by atoms with Crippen LogP contribution in [0, 0.1) is 11.6 Å². The molecule has 3 aromatic carbocycles. The van der Waals surface area contributed by atoms with E-state index in [2.05, 4.69) is 0 Å². The predicted octanol–water partition coefficient (Wildman–Crippen LogP) is 5.33. The van der Waals surface area contributed by atoms with Crippen molar-refractivity contribution in [3.05, 3.63) is 93.5 Å². The van der Waals surface area contributed by atoms with Crippen LogP contribution in [0.15, 0.2) is 54.6 Å². The molecule has 9 heteroatoms. The predicted molar refractivity (Wildman–Crippen MR) is 134 cm³/mol. The number of carbonyl (C=O) groups excluding carboxylic acids is 1. The van der Waals surface area contributed by atoms with Gasteiger partial charge in [0.15, 0.2) is 11.5 Å². The number of halogens is 3. The van der Waals surface area contributed by atoms with Crippen LogP contribution in [0.4, 0.5) is 8.78 Å². The van der Waals surface area contributed by atoms with Gasteiger partial charge in [-0.25, -0.2) is 8.78 Å². The Kier molecular flexibility index (Phi) is 7.68. The molecule has 0 aromatic heterocycles. The van der Waals surface area contributed by atoms with Crippen LogP contribution in [-0.2, 0) is 24.1 Å². The molecule has 6 nitrogen and oxygen atoms in total. The molecule has 1 N–H and O–H groups in total. The van der Waals surface area contributed by atoms with E-state index in [1.807, 2.05) is 6.92 Å². The minimum absolute atomic E-state index is 0.0395. The maximum absolute atomic E-state index is 14.0. The quantitative estimate of drug-likeness (QED) is 0.405. The van der Waals surface area contributed by atoms with E-state index in [4.69, 9.17) is 21.1 Å². The second-order valence-electron chi connectivity index (χ2n) is 9.32. The topological polar surface area (TPSA) is 76.1 Å². The van der Waals surface area contributed by atoms with Crippen molar-refractivity contribution < 1.29 is 33.0 Å². The Labute approximate surface area is 218 Å². The van der Waals surface area contributed by atoms with Gasteiger partial charge < -0.3 is 19.5 Å². The SMILES string of the molecule is COc1cc(C(=O)N(CCc2cccc(F)c2)CC(=O)O)cc2c1OC(C)(Cc1ccc(Cl)c(F)c1)C2. The second-order valence-corrected chi connectivity index (χ2v) is 9.73. The Bertz CT molecular complexity index is 1350. The average Bonchev–Trinajstić information content (AvgIpc) is 3.18. The van der Waals surface area contributed by atoms with Crippen molar-refractivity contribution in [1.82, 2.24) is 4.90 Å². The zero-order valence-corrected chi connectivity index (χ0v) is 21.1. The van der Waals surface area contributed by atoms with Crippen LogP contribution >= 0.6 is 11.6 Å². The van der Waals surface area contributed by atoms with Gasteiger partial charge in [0.05, 0.1) is 12.1 Å². The van der Waals surface area contributed by atoms with E-state index in [1.54, 1.807) is 24.3 Å². The molecule has 1 amide bonds. The number of hydrogen-bond acceptors (Lipinski definition) is 4. The smallest absolute Gasteiger partial charge is 0.323 e. The molecule has 37 heavy (non-hydrogen) atoms. The van der Waals surface area contributed by atoms with Gasteiger partial charge in [0.1, 0.15) is 23.8 Å². The third-order valence-electron chi connectivity index (χ3n) is 6.25. The highest BCUT2D eigenvalue weighted by Crippen LogP contribution is 2.44. The lowest BCUT2D eigenvalue weighted by atomic mass is 9.91. The first-order valence-electron chi connectivity index (χ1n) is 11.7. The highest BCUT2D eigenvalue weighted by Gasteiger charge is 2.38. The monoisotopic (exact) mass is 529 g/mol. The number of aliphatic carboxylic acids is 1. The first-order chi connectivity index (χ1) is 17.6. The fourth-order valence-corrected chi connectivity index (χ4v) is 4.72. The van der Waals surface area contributed by atoms with Crippen LogP contribution in [-0.4, -0.2) is 47.7 Å². The fraction of sp³-hybridized carbons (Fsp3) is 0.286. The number of carboxylic acid groups (broad SMARTS) is 1. The minimum atomic E-state index is -1.16. The summed E-state index contributed by atoms with van der Waals surface area (Å²) in [6.07, 6.45) is 1.10. The lowest BCUT2D eigenvalue weighted by molar-refractivity contribution is -0.137. The zero-order chi connectivity index (χ0) is 26.7. The first-order valence-corrected chi connectivity index (χ1v) is 12.0. The third kappa shape index (κ3) is 6.20. The molecule has 1 atom stereocenters. The van der Waals surface area contributed by atoms with Crippen molar-refractivity contribution in [2.75, 3.05) is 20.2 Å². The van der Waals surface area contributed by atoms with Crippen LogP contribution < -0.4 is 9.47 Å². The Hall–Kier alpha value is -3.65. The molecule has 0 bridgehead atoms. The average molecular weight is 530 g/mol. The summed E-state index contributed by atoms with van der Waals surface area (Å²) >= 11 is 5.80. The molecule has 0 spiro atoms. The van der Waals surface area contributed by atoms with Gasteiger partial charge in [-0.1, -0.05) is 29.8 Å². The van der Waals surface area contributed by atoms with E-state index in [0.29, 0.717) is 35.5 Å². The molecule has 1 unspecified atom stereocenters. The van der Waals surface area contributed by atoms with E-state index in [9.17, 15) is 23.5 Å². The maximum Gasteiger partial charge on any atom is 0.323 e. The number of ether oxygens (including phenoxy) is 2. The van der Waals surface area contributed by atoms with Crippen molar-refractivity contribution in [1.29, 1.82) is 0 Å². The van der Waals surface area contributed by atoms with Crippen molar-refractivity contribution in [2.45, 2.75) is 31.8 Å². The van der Waals surface area contributed by atoms with E-state index < -0.39 is 35.7 Å². The van der Waals surface area contributed by atoms with Gasteiger partial charge in [0, 0.05) is 30.5 Å². The second kappa shape index (κ2) is 10.8. The number of rotatable bonds is 9. The number of benzene rings is 3. The summed E-state index contributed by atoms with van der Waals surface area (Å²) in [7, 11) is 1.45. The highest BCUT2D eigenvalue weighted by molar-refractivity contribution is 6.30. The molecule has 1 heterocycles. The summed E-state index contributed by atoms with van der Waals surface area (Å²) in [4.78, 5) is 26.1. The van der Waals surface area contributed by atoms with Crippen molar-refractivity contribution in [2.24, 2.45) is 0 Å². The van der Waals surface area contributed by atoms with Gasteiger partial charge in [-0.2, -0.15) is 0 Å². The van der Waals surface area contributed by atoms with Gasteiger partial charge in [-0.15, -0.1) is 0 Å². The number of nitrogens with zero attached hydrogens (tertiary/aromatic N) is 1. The molecule has 1 aliphatic heterocycles. The van der Waals surface area contributed by atoms with Crippen molar-refractivity contribution >= 4 is 23.5 Å². The maximum atomic E-state index is 14.0. The number of carbonyl (C=O) groups is 2. The number of amides is 1. The number of hydrogen-bond donors (Lipinski definition) is 1. The molecule has 1 aliphatic rings. The van der Waals surface area contributed by atoms with Crippen LogP contribution in [0.25, 0.3) is 0 Å². The summed E-state index contributed by atoms with van der Waals surface area (Å²) < 4.78 is 39.2. The van der Waals surface area contributed by atoms with Crippen LogP contribution in [0.1, 0.15) is 34.0 Å². The summed E-state index contributed by atoms with van der Waals surface area (Å²) in [5.41, 5.74) is 1.60. The number of fused-ring (bicyclic) bond motifs is 1. The lowest BCUT2D eigenvalue weighted by Gasteiger charge is -2.24. The minimum Gasteiger partial charge on any atom is -0.493 e.